The summed E-state index contributed by atoms with van der Waals surface area (Å²) in [5.74, 6) is 0. The zero-order chi connectivity index (χ0) is 24.2. The summed E-state index contributed by atoms with van der Waals surface area (Å²) >= 11 is 1.79. The van der Waals surface area contributed by atoms with Crippen molar-refractivity contribution in [1.29, 1.82) is 5.26 Å². The maximum Gasteiger partial charge on any atom is 0.270 e. The summed E-state index contributed by atoms with van der Waals surface area (Å²) in [5.41, 5.74) is 8.42. The average molecular weight is 476 g/mol. The summed E-state index contributed by atoms with van der Waals surface area (Å²) in [6.07, 6.45) is 0. The lowest BCUT2D eigenvalue weighted by molar-refractivity contribution is 1.19. The SMILES string of the molecule is [C-]#[N+]/C(C#N)=C1/c2ccccc2-c2cc(-c3cc4c5ccccc5n(-c5ccccc5)c4s3)ccc21. The minimum atomic E-state index is 0.138. The van der Waals surface area contributed by atoms with Crippen molar-refractivity contribution in [3.8, 4) is 33.3 Å². The Bertz CT molecular complexity index is 1940. The highest BCUT2D eigenvalue weighted by Gasteiger charge is 2.27. The smallest absolute Gasteiger partial charge is 0.270 e. The second kappa shape index (κ2) is 7.82. The topological polar surface area (TPSA) is 33.1 Å². The average Bonchev–Trinajstić information content (AvgIpc) is 3.59. The van der Waals surface area contributed by atoms with E-state index in [1.54, 1.807) is 11.3 Å². The molecule has 6 aromatic rings. The number of allylic oxidation sites excluding steroid dienone is 1. The van der Waals surface area contributed by atoms with Crippen LogP contribution < -0.4 is 0 Å². The van der Waals surface area contributed by atoms with Crippen LogP contribution in [-0.4, -0.2) is 4.57 Å². The Morgan fingerprint density at radius 3 is 2.28 bits per heavy atom. The van der Waals surface area contributed by atoms with Crippen molar-refractivity contribution < 1.29 is 0 Å². The fourth-order valence-corrected chi connectivity index (χ4v) is 6.54. The molecule has 36 heavy (non-hydrogen) atoms. The van der Waals surface area contributed by atoms with Gasteiger partial charge in [-0.25, -0.2) is 10.1 Å². The molecule has 166 valence electrons. The molecule has 0 N–H and O–H groups in total. The third-order valence-corrected chi connectivity index (χ3v) is 8.05. The molecule has 2 aromatic heterocycles. The lowest BCUT2D eigenvalue weighted by Crippen LogP contribution is -1.91. The van der Waals surface area contributed by atoms with E-state index in [0.29, 0.717) is 0 Å². The first-order valence-corrected chi connectivity index (χ1v) is 12.4. The number of nitrogens with zero attached hydrogens (tertiary/aromatic N) is 3. The monoisotopic (exact) mass is 475 g/mol. The number of benzene rings is 4. The zero-order valence-corrected chi connectivity index (χ0v) is 19.9. The van der Waals surface area contributed by atoms with Gasteiger partial charge in [0.1, 0.15) is 4.83 Å². The molecule has 3 nitrogen and oxygen atoms in total. The molecule has 1 aliphatic carbocycles. The number of rotatable bonds is 2. The van der Waals surface area contributed by atoms with Crippen LogP contribution in [-0.2, 0) is 0 Å². The summed E-state index contributed by atoms with van der Waals surface area (Å²) in [6.45, 7) is 7.53. The van der Waals surface area contributed by atoms with Crippen LogP contribution in [0.25, 0.3) is 58.8 Å². The van der Waals surface area contributed by atoms with Crippen molar-refractivity contribution in [3.05, 3.63) is 131 Å². The van der Waals surface area contributed by atoms with Crippen molar-refractivity contribution in [2.75, 3.05) is 0 Å². The van der Waals surface area contributed by atoms with E-state index >= 15 is 0 Å². The van der Waals surface area contributed by atoms with E-state index in [0.717, 1.165) is 39.1 Å². The molecular formula is C32H17N3S. The minimum Gasteiger partial charge on any atom is -0.301 e. The van der Waals surface area contributed by atoms with Gasteiger partial charge in [-0.1, -0.05) is 72.8 Å². The lowest BCUT2D eigenvalue weighted by Gasteiger charge is -2.07. The molecule has 0 radical (unpaired) electrons. The lowest BCUT2D eigenvalue weighted by atomic mass is 10.00. The number of hydrogen-bond acceptors (Lipinski definition) is 2. The van der Waals surface area contributed by atoms with E-state index in [1.165, 1.54) is 26.0 Å². The molecule has 1 aliphatic rings. The van der Waals surface area contributed by atoms with E-state index in [1.807, 2.05) is 24.3 Å². The standard InChI is InChI=1S/C32H17N3S/c1-34-28(19-33)31-24-13-6-5-11-22(24)26-17-20(15-16-25(26)31)30-18-27-23-12-7-8-14-29(23)35(32(27)36-30)21-9-3-2-4-10-21/h2-18H/b31-28-. The van der Waals surface area contributed by atoms with Crippen LogP contribution in [0.1, 0.15) is 11.1 Å². The van der Waals surface area contributed by atoms with Gasteiger partial charge in [0.2, 0.25) is 0 Å². The summed E-state index contributed by atoms with van der Waals surface area (Å²) in [6, 6.07) is 37.9. The molecule has 4 aromatic carbocycles. The number of nitriles is 1. The Kier molecular flexibility index (Phi) is 4.45. The molecule has 0 saturated heterocycles. The number of thiophene rings is 1. The van der Waals surface area contributed by atoms with Gasteiger partial charge in [0.25, 0.3) is 5.70 Å². The third-order valence-electron chi connectivity index (χ3n) is 6.88. The first-order chi connectivity index (χ1) is 17.8. The van der Waals surface area contributed by atoms with E-state index in [4.69, 9.17) is 6.57 Å². The number of fused-ring (bicyclic) bond motifs is 6. The maximum absolute atomic E-state index is 9.61. The van der Waals surface area contributed by atoms with Gasteiger partial charge < -0.3 is 4.57 Å². The molecule has 0 spiro atoms. The maximum atomic E-state index is 9.61. The quantitative estimate of drug-likeness (QED) is 0.182. The summed E-state index contributed by atoms with van der Waals surface area (Å²) in [5, 5.41) is 12.1. The van der Waals surface area contributed by atoms with Crippen LogP contribution in [0.5, 0.6) is 0 Å². The molecule has 0 bridgehead atoms. The van der Waals surface area contributed by atoms with Crippen LogP contribution in [0.3, 0.4) is 0 Å². The number of hydrogen-bond donors (Lipinski definition) is 0. The number of para-hydroxylation sites is 2. The Morgan fingerprint density at radius 1 is 0.750 bits per heavy atom. The van der Waals surface area contributed by atoms with E-state index < -0.39 is 0 Å². The van der Waals surface area contributed by atoms with Gasteiger partial charge in [0, 0.05) is 26.9 Å². The van der Waals surface area contributed by atoms with Crippen molar-refractivity contribution in [2.24, 2.45) is 0 Å². The molecule has 0 amide bonds. The van der Waals surface area contributed by atoms with Crippen molar-refractivity contribution in [1.82, 2.24) is 4.57 Å². The molecule has 0 atom stereocenters. The molecule has 4 heteroatoms. The summed E-state index contributed by atoms with van der Waals surface area (Å²) < 4.78 is 2.34. The van der Waals surface area contributed by atoms with Gasteiger partial charge in [-0.2, -0.15) is 0 Å². The number of aromatic nitrogens is 1. The molecule has 0 aliphatic heterocycles. The summed E-state index contributed by atoms with van der Waals surface area (Å²) in [4.78, 5) is 5.94. The fraction of sp³-hybridized carbons (Fsp3) is 0. The first kappa shape index (κ1) is 20.5. The highest BCUT2D eigenvalue weighted by Crippen LogP contribution is 2.48. The van der Waals surface area contributed by atoms with Gasteiger partial charge in [0.05, 0.1) is 18.2 Å². The van der Waals surface area contributed by atoms with Crippen LogP contribution in [0.15, 0.2) is 109 Å². The van der Waals surface area contributed by atoms with E-state index in [2.05, 4.69) is 94.3 Å². The normalized spacial score (nSPS) is 13.3. The molecule has 0 unspecified atom stereocenters. The second-order valence-electron chi connectivity index (χ2n) is 8.77. The van der Waals surface area contributed by atoms with Crippen LogP contribution in [0.4, 0.5) is 0 Å². The van der Waals surface area contributed by atoms with Gasteiger partial charge >= 0.3 is 0 Å². The zero-order valence-electron chi connectivity index (χ0n) is 19.1. The molecule has 7 rings (SSSR count). The van der Waals surface area contributed by atoms with E-state index in [9.17, 15) is 5.26 Å². The highest BCUT2D eigenvalue weighted by atomic mass is 32.1. The fourth-order valence-electron chi connectivity index (χ4n) is 5.33. The Morgan fingerprint density at radius 2 is 1.47 bits per heavy atom. The van der Waals surface area contributed by atoms with Gasteiger partial charge in [0.15, 0.2) is 0 Å². The van der Waals surface area contributed by atoms with Gasteiger partial charge in [-0.3, -0.25) is 0 Å². The summed E-state index contributed by atoms with van der Waals surface area (Å²) in [7, 11) is 0. The second-order valence-corrected chi connectivity index (χ2v) is 9.80. The Balaban J connectivity index is 1.46. The largest absolute Gasteiger partial charge is 0.301 e. The predicted molar refractivity (Wildman–Crippen MR) is 148 cm³/mol. The first-order valence-electron chi connectivity index (χ1n) is 11.6. The van der Waals surface area contributed by atoms with Crippen molar-refractivity contribution >= 4 is 38.0 Å². The van der Waals surface area contributed by atoms with E-state index in [-0.39, 0.29) is 5.70 Å². The molecular weight excluding hydrogens is 458 g/mol. The molecule has 0 fully saturated rings. The van der Waals surface area contributed by atoms with Gasteiger partial charge in [-0.05, 0) is 58.1 Å². The van der Waals surface area contributed by atoms with Crippen LogP contribution >= 0.6 is 11.3 Å². The molecule has 2 heterocycles. The van der Waals surface area contributed by atoms with Gasteiger partial charge in [-0.15, -0.1) is 11.3 Å². The van der Waals surface area contributed by atoms with Crippen LogP contribution in [0.2, 0.25) is 0 Å². The Hall–Kier alpha value is -4.90. The third kappa shape index (κ3) is 2.83. The van der Waals surface area contributed by atoms with Crippen molar-refractivity contribution in [2.45, 2.75) is 0 Å². The molecule has 0 saturated carbocycles. The predicted octanol–water partition coefficient (Wildman–Crippen LogP) is 8.69. The highest BCUT2D eigenvalue weighted by molar-refractivity contribution is 7.22. The van der Waals surface area contributed by atoms with Crippen molar-refractivity contribution in [3.63, 3.8) is 0 Å². The van der Waals surface area contributed by atoms with Crippen LogP contribution in [0, 0.1) is 17.9 Å². The minimum absolute atomic E-state index is 0.138. The Labute approximate surface area is 212 Å².